The molecule has 0 aliphatic carbocycles. The van der Waals surface area contributed by atoms with Gasteiger partial charge in [0.1, 0.15) is 0 Å². The lowest BCUT2D eigenvalue weighted by atomic mass is 10.1. The van der Waals surface area contributed by atoms with Gasteiger partial charge in [-0.3, -0.25) is 9.88 Å². The van der Waals surface area contributed by atoms with Crippen LogP contribution in [0.1, 0.15) is 16.8 Å². The summed E-state index contributed by atoms with van der Waals surface area (Å²) in [5, 5.41) is 9.20. The van der Waals surface area contributed by atoms with Crippen LogP contribution in [0, 0.1) is 6.92 Å². The summed E-state index contributed by atoms with van der Waals surface area (Å²) in [5.74, 6) is 0. The van der Waals surface area contributed by atoms with E-state index >= 15 is 0 Å². The molecule has 2 rings (SSSR count). The first-order valence-corrected chi connectivity index (χ1v) is 6.57. The number of aryl methyl sites for hydroxylation is 1. The molecule has 3 heteroatoms. The van der Waals surface area contributed by atoms with E-state index in [9.17, 15) is 5.11 Å². The van der Waals surface area contributed by atoms with Crippen LogP contribution in [0.5, 0.6) is 0 Å². The number of pyridine rings is 1. The maximum Gasteiger partial charge on any atom is 0.0573 e. The summed E-state index contributed by atoms with van der Waals surface area (Å²) >= 11 is 0. The SMILES string of the molecule is Cc1cccnc1CN(CCO)Cc1ccccc1. The molecule has 0 bridgehead atoms. The monoisotopic (exact) mass is 256 g/mol. The number of aliphatic hydroxyl groups excluding tert-OH is 1. The molecule has 19 heavy (non-hydrogen) atoms. The van der Waals surface area contributed by atoms with Crippen LogP contribution >= 0.6 is 0 Å². The quantitative estimate of drug-likeness (QED) is 0.862. The Morgan fingerprint density at radius 3 is 2.53 bits per heavy atom. The van der Waals surface area contributed by atoms with Gasteiger partial charge in [0.2, 0.25) is 0 Å². The molecule has 0 amide bonds. The van der Waals surface area contributed by atoms with Crippen molar-refractivity contribution < 1.29 is 5.11 Å². The summed E-state index contributed by atoms with van der Waals surface area (Å²) in [4.78, 5) is 6.63. The Hall–Kier alpha value is -1.71. The molecule has 100 valence electrons. The second kappa shape index (κ2) is 7.02. The molecule has 2 aromatic rings. The zero-order valence-corrected chi connectivity index (χ0v) is 11.3. The third-order valence-electron chi connectivity index (χ3n) is 3.16. The molecule has 1 heterocycles. The maximum atomic E-state index is 9.20. The molecule has 0 saturated heterocycles. The van der Waals surface area contributed by atoms with Crippen LogP contribution in [-0.4, -0.2) is 28.1 Å². The molecular formula is C16H20N2O. The fourth-order valence-electron chi connectivity index (χ4n) is 2.09. The van der Waals surface area contributed by atoms with Gasteiger partial charge in [-0.2, -0.15) is 0 Å². The molecule has 0 fully saturated rings. The minimum absolute atomic E-state index is 0.165. The van der Waals surface area contributed by atoms with Crippen LogP contribution in [0.15, 0.2) is 48.7 Å². The highest BCUT2D eigenvalue weighted by molar-refractivity contribution is 5.18. The Kier molecular flexibility index (Phi) is 5.07. The first kappa shape index (κ1) is 13.7. The summed E-state index contributed by atoms with van der Waals surface area (Å²) in [6, 6.07) is 14.3. The number of nitrogens with zero attached hydrogens (tertiary/aromatic N) is 2. The summed E-state index contributed by atoms with van der Waals surface area (Å²) < 4.78 is 0. The average molecular weight is 256 g/mol. The van der Waals surface area contributed by atoms with Gasteiger partial charge >= 0.3 is 0 Å². The second-order valence-corrected chi connectivity index (χ2v) is 4.69. The summed E-state index contributed by atoms with van der Waals surface area (Å²) in [6.45, 7) is 4.49. The van der Waals surface area contributed by atoms with Crippen LogP contribution in [0.2, 0.25) is 0 Å². The molecule has 1 N–H and O–H groups in total. The van der Waals surface area contributed by atoms with Crippen molar-refractivity contribution >= 4 is 0 Å². The largest absolute Gasteiger partial charge is 0.395 e. The van der Waals surface area contributed by atoms with Gasteiger partial charge in [-0.25, -0.2) is 0 Å². The minimum Gasteiger partial charge on any atom is -0.395 e. The lowest BCUT2D eigenvalue weighted by Gasteiger charge is -2.21. The van der Waals surface area contributed by atoms with Crippen LogP contribution < -0.4 is 0 Å². The Morgan fingerprint density at radius 1 is 1.05 bits per heavy atom. The van der Waals surface area contributed by atoms with E-state index in [0.717, 1.165) is 18.8 Å². The van der Waals surface area contributed by atoms with Gasteiger partial charge in [0.25, 0.3) is 0 Å². The summed E-state index contributed by atoms with van der Waals surface area (Å²) in [6.07, 6.45) is 1.82. The van der Waals surface area contributed by atoms with Crippen molar-refractivity contribution in [1.29, 1.82) is 0 Å². The third-order valence-corrected chi connectivity index (χ3v) is 3.16. The van der Waals surface area contributed by atoms with Crippen molar-refractivity contribution in [2.24, 2.45) is 0 Å². The van der Waals surface area contributed by atoms with Crippen molar-refractivity contribution in [3.05, 3.63) is 65.5 Å². The van der Waals surface area contributed by atoms with E-state index in [1.165, 1.54) is 11.1 Å². The van der Waals surface area contributed by atoms with Crippen molar-refractivity contribution in [3.63, 3.8) is 0 Å². The smallest absolute Gasteiger partial charge is 0.0573 e. The maximum absolute atomic E-state index is 9.20. The van der Waals surface area contributed by atoms with Crippen molar-refractivity contribution in [2.45, 2.75) is 20.0 Å². The number of benzene rings is 1. The van der Waals surface area contributed by atoms with E-state index in [0.29, 0.717) is 6.54 Å². The van der Waals surface area contributed by atoms with Crippen LogP contribution in [0.4, 0.5) is 0 Å². The van der Waals surface area contributed by atoms with Crippen molar-refractivity contribution in [3.8, 4) is 0 Å². The van der Waals surface area contributed by atoms with Crippen LogP contribution in [0.25, 0.3) is 0 Å². The topological polar surface area (TPSA) is 36.4 Å². The molecule has 0 radical (unpaired) electrons. The number of hydrogen-bond acceptors (Lipinski definition) is 3. The zero-order valence-electron chi connectivity index (χ0n) is 11.3. The first-order chi connectivity index (χ1) is 9.29. The Morgan fingerprint density at radius 2 is 1.84 bits per heavy atom. The predicted molar refractivity (Wildman–Crippen MR) is 76.6 cm³/mol. The van der Waals surface area contributed by atoms with Gasteiger partial charge < -0.3 is 5.11 Å². The normalized spacial score (nSPS) is 10.9. The minimum atomic E-state index is 0.165. The second-order valence-electron chi connectivity index (χ2n) is 4.69. The molecule has 0 aliphatic rings. The molecule has 3 nitrogen and oxygen atoms in total. The third kappa shape index (κ3) is 4.16. The van der Waals surface area contributed by atoms with Gasteiger partial charge in [0.15, 0.2) is 0 Å². The number of rotatable bonds is 6. The van der Waals surface area contributed by atoms with Crippen LogP contribution in [0.3, 0.4) is 0 Å². The Bertz CT molecular complexity index is 499. The fraction of sp³-hybridized carbons (Fsp3) is 0.312. The molecule has 0 aliphatic heterocycles. The molecule has 1 aromatic carbocycles. The summed E-state index contributed by atoms with van der Waals surface area (Å²) in [7, 11) is 0. The number of aromatic nitrogens is 1. The van der Waals surface area contributed by atoms with E-state index < -0.39 is 0 Å². The van der Waals surface area contributed by atoms with Crippen LogP contribution in [-0.2, 0) is 13.1 Å². The van der Waals surface area contributed by atoms with Gasteiger partial charge in [-0.15, -0.1) is 0 Å². The van der Waals surface area contributed by atoms with Crippen molar-refractivity contribution in [2.75, 3.05) is 13.2 Å². The molecule has 0 unspecified atom stereocenters. The van der Waals surface area contributed by atoms with E-state index in [1.807, 2.05) is 30.5 Å². The van der Waals surface area contributed by atoms with Crippen molar-refractivity contribution in [1.82, 2.24) is 9.88 Å². The molecular weight excluding hydrogens is 236 g/mol. The highest BCUT2D eigenvalue weighted by atomic mass is 16.3. The van der Waals surface area contributed by atoms with E-state index in [4.69, 9.17) is 0 Å². The average Bonchev–Trinajstić information content (AvgIpc) is 2.43. The van der Waals surface area contributed by atoms with Gasteiger partial charge in [-0.1, -0.05) is 36.4 Å². The van der Waals surface area contributed by atoms with Gasteiger partial charge in [0.05, 0.1) is 12.3 Å². The molecule has 0 atom stereocenters. The summed E-state index contributed by atoms with van der Waals surface area (Å²) in [5.41, 5.74) is 3.52. The fourth-order valence-corrected chi connectivity index (χ4v) is 2.09. The number of aliphatic hydroxyl groups is 1. The highest BCUT2D eigenvalue weighted by Crippen LogP contribution is 2.10. The lowest BCUT2D eigenvalue weighted by Crippen LogP contribution is -2.26. The van der Waals surface area contributed by atoms with Gasteiger partial charge in [0, 0.05) is 25.8 Å². The highest BCUT2D eigenvalue weighted by Gasteiger charge is 2.08. The zero-order chi connectivity index (χ0) is 13.5. The lowest BCUT2D eigenvalue weighted by molar-refractivity contribution is 0.182. The molecule has 1 aromatic heterocycles. The standard InChI is InChI=1S/C16H20N2O/c1-14-6-5-9-17-16(14)13-18(10-11-19)12-15-7-3-2-4-8-15/h2-9,19H,10-13H2,1H3. The number of hydrogen-bond donors (Lipinski definition) is 1. The first-order valence-electron chi connectivity index (χ1n) is 6.57. The predicted octanol–water partition coefficient (Wildman–Crippen LogP) is 2.38. The van der Waals surface area contributed by atoms with E-state index in [2.05, 4.69) is 35.0 Å². The van der Waals surface area contributed by atoms with Gasteiger partial charge in [-0.05, 0) is 24.1 Å². The Labute approximate surface area is 114 Å². The van der Waals surface area contributed by atoms with E-state index in [1.54, 1.807) is 0 Å². The Balaban J connectivity index is 2.06. The van der Waals surface area contributed by atoms with E-state index in [-0.39, 0.29) is 6.61 Å². The molecule has 0 saturated carbocycles. The molecule has 0 spiro atoms.